The summed E-state index contributed by atoms with van der Waals surface area (Å²) in [6, 6.07) is 9.98. The van der Waals surface area contributed by atoms with Crippen molar-refractivity contribution in [3.05, 3.63) is 35.9 Å². The van der Waals surface area contributed by atoms with E-state index in [2.05, 4.69) is 21.6 Å². The van der Waals surface area contributed by atoms with E-state index in [1.54, 1.807) is 0 Å². The van der Waals surface area contributed by atoms with Gasteiger partial charge in [-0.15, -0.1) is 0 Å². The third-order valence-corrected chi connectivity index (χ3v) is 7.33. The van der Waals surface area contributed by atoms with Gasteiger partial charge in [0.25, 0.3) is 0 Å². The number of rotatable bonds is 14. The van der Waals surface area contributed by atoms with Crippen molar-refractivity contribution in [1.29, 1.82) is 0 Å². The van der Waals surface area contributed by atoms with Gasteiger partial charge in [0.1, 0.15) is 6.61 Å². The van der Waals surface area contributed by atoms with E-state index in [0.717, 1.165) is 57.8 Å². The molecule has 2 aliphatic heterocycles. The molecule has 1 amide bonds. The Balaban J connectivity index is 1.37. The fourth-order valence-electron chi connectivity index (χ4n) is 4.98. The van der Waals surface area contributed by atoms with Crippen molar-refractivity contribution in [3.63, 3.8) is 0 Å². The zero-order valence-electron chi connectivity index (χ0n) is 21.6. The van der Waals surface area contributed by atoms with Gasteiger partial charge in [-0.1, -0.05) is 69.4 Å². The summed E-state index contributed by atoms with van der Waals surface area (Å²) in [5.41, 5.74) is 1.04. The molecular formula is C28H48N4O2. The van der Waals surface area contributed by atoms with Crippen LogP contribution in [0, 0.1) is 0 Å². The lowest BCUT2D eigenvalue weighted by atomic mass is 10.1. The molecule has 0 N–H and O–H groups in total. The van der Waals surface area contributed by atoms with Crippen molar-refractivity contribution < 1.29 is 9.53 Å². The van der Waals surface area contributed by atoms with E-state index < -0.39 is 0 Å². The Morgan fingerprint density at radius 3 is 2.06 bits per heavy atom. The largest absolute Gasteiger partial charge is 0.445 e. The summed E-state index contributed by atoms with van der Waals surface area (Å²) < 4.78 is 5.67. The van der Waals surface area contributed by atoms with Gasteiger partial charge in [-0.2, -0.15) is 0 Å². The first kappa shape index (κ1) is 27.0. The molecule has 0 atom stereocenters. The number of ether oxygens (including phenoxy) is 1. The number of likely N-dealkylation sites (tertiary alicyclic amines) is 1. The lowest BCUT2D eigenvalue weighted by Gasteiger charge is -2.37. The van der Waals surface area contributed by atoms with Crippen molar-refractivity contribution in [2.45, 2.75) is 64.9 Å². The van der Waals surface area contributed by atoms with Crippen molar-refractivity contribution in [1.82, 2.24) is 19.6 Å². The minimum absolute atomic E-state index is 0.167. The van der Waals surface area contributed by atoms with Gasteiger partial charge in [0, 0.05) is 58.9 Å². The SMILES string of the molecule is CCCCCCCN(CCN1CCN(CCN2CCCCC2)CC1)C(=O)OCc1ccccc1. The van der Waals surface area contributed by atoms with Crippen LogP contribution in [0.15, 0.2) is 30.3 Å². The number of hydrogen-bond donors (Lipinski definition) is 0. The molecule has 0 aromatic heterocycles. The zero-order chi connectivity index (χ0) is 23.8. The minimum atomic E-state index is -0.167. The number of benzene rings is 1. The Morgan fingerprint density at radius 1 is 0.765 bits per heavy atom. The predicted octanol–water partition coefficient (Wildman–Crippen LogP) is 4.70. The third-order valence-electron chi connectivity index (χ3n) is 7.33. The van der Waals surface area contributed by atoms with Gasteiger partial charge >= 0.3 is 6.09 Å². The molecule has 0 spiro atoms. The maximum Gasteiger partial charge on any atom is 0.410 e. The number of piperidine rings is 1. The second-order valence-electron chi connectivity index (χ2n) is 10.0. The lowest BCUT2D eigenvalue weighted by Crippen LogP contribution is -2.50. The number of amides is 1. The first-order valence-electron chi connectivity index (χ1n) is 13.9. The maximum absolute atomic E-state index is 12.9. The summed E-state index contributed by atoms with van der Waals surface area (Å²) in [7, 11) is 0. The molecule has 6 heteroatoms. The highest BCUT2D eigenvalue weighted by Gasteiger charge is 2.21. The topological polar surface area (TPSA) is 39.3 Å². The molecule has 0 saturated carbocycles. The molecule has 0 unspecified atom stereocenters. The highest BCUT2D eigenvalue weighted by Crippen LogP contribution is 2.11. The fourth-order valence-corrected chi connectivity index (χ4v) is 4.98. The van der Waals surface area contributed by atoms with Gasteiger partial charge in [0.2, 0.25) is 0 Å². The van der Waals surface area contributed by atoms with Crippen LogP contribution in [-0.2, 0) is 11.3 Å². The lowest BCUT2D eigenvalue weighted by molar-refractivity contribution is 0.0801. The van der Waals surface area contributed by atoms with E-state index in [0.29, 0.717) is 6.61 Å². The van der Waals surface area contributed by atoms with Crippen LogP contribution in [0.3, 0.4) is 0 Å². The van der Waals surface area contributed by atoms with Gasteiger partial charge < -0.3 is 14.5 Å². The van der Waals surface area contributed by atoms with Crippen LogP contribution in [0.25, 0.3) is 0 Å². The van der Waals surface area contributed by atoms with E-state index >= 15 is 0 Å². The summed E-state index contributed by atoms with van der Waals surface area (Å²) in [5, 5.41) is 0. The predicted molar refractivity (Wildman–Crippen MR) is 140 cm³/mol. The van der Waals surface area contributed by atoms with Gasteiger partial charge in [-0.05, 0) is 37.9 Å². The molecule has 1 aromatic rings. The molecule has 3 rings (SSSR count). The average Bonchev–Trinajstić information content (AvgIpc) is 2.89. The first-order chi connectivity index (χ1) is 16.7. The normalized spacial score (nSPS) is 18.1. The third kappa shape index (κ3) is 10.3. The summed E-state index contributed by atoms with van der Waals surface area (Å²) >= 11 is 0. The van der Waals surface area contributed by atoms with E-state index in [9.17, 15) is 4.79 Å². The smallest absolute Gasteiger partial charge is 0.410 e. The second kappa shape index (κ2) is 16.1. The van der Waals surface area contributed by atoms with Crippen LogP contribution in [0.1, 0.15) is 63.9 Å². The van der Waals surface area contributed by atoms with Crippen molar-refractivity contribution in [3.8, 4) is 0 Å². The highest BCUT2D eigenvalue weighted by molar-refractivity contribution is 5.67. The van der Waals surface area contributed by atoms with Crippen LogP contribution >= 0.6 is 0 Å². The molecule has 34 heavy (non-hydrogen) atoms. The molecule has 0 bridgehead atoms. The molecule has 1 aromatic carbocycles. The van der Waals surface area contributed by atoms with Gasteiger partial charge in [0.05, 0.1) is 0 Å². The number of nitrogens with zero attached hydrogens (tertiary/aromatic N) is 4. The van der Waals surface area contributed by atoms with Crippen molar-refractivity contribution in [2.24, 2.45) is 0 Å². The van der Waals surface area contributed by atoms with E-state index in [1.165, 1.54) is 71.1 Å². The highest BCUT2D eigenvalue weighted by atomic mass is 16.6. The number of carbonyl (C=O) groups excluding carboxylic acids is 1. The quantitative estimate of drug-likeness (QED) is 0.367. The summed E-state index contributed by atoms with van der Waals surface area (Å²) in [5.74, 6) is 0. The first-order valence-corrected chi connectivity index (χ1v) is 13.9. The Kier molecular flexibility index (Phi) is 12.8. The molecule has 0 aliphatic carbocycles. The Labute approximate surface area is 208 Å². The molecule has 2 heterocycles. The Morgan fingerprint density at radius 2 is 1.38 bits per heavy atom. The number of carbonyl (C=O) groups is 1. The van der Waals surface area contributed by atoms with Gasteiger partial charge in [0.15, 0.2) is 0 Å². The zero-order valence-corrected chi connectivity index (χ0v) is 21.6. The molecule has 2 fully saturated rings. The van der Waals surface area contributed by atoms with Gasteiger partial charge in [-0.25, -0.2) is 4.79 Å². The van der Waals surface area contributed by atoms with Gasteiger partial charge in [-0.3, -0.25) is 9.80 Å². The van der Waals surface area contributed by atoms with Crippen molar-refractivity contribution >= 4 is 6.09 Å². The van der Waals surface area contributed by atoms with Crippen LogP contribution < -0.4 is 0 Å². The van der Waals surface area contributed by atoms with Crippen LogP contribution in [0.4, 0.5) is 4.79 Å². The fraction of sp³-hybridized carbons (Fsp3) is 0.750. The Hall–Kier alpha value is -1.63. The van der Waals surface area contributed by atoms with Crippen molar-refractivity contribution in [2.75, 3.05) is 72.0 Å². The van der Waals surface area contributed by atoms with Crippen LogP contribution in [0.2, 0.25) is 0 Å². The maximum atomic E-state index is 12.9. The molecule has 192 valence electrons. The summed E-state index contributed by atoms with van der Waals surface area (Å²) in [6.45, 7) is 14.6. The summed E-state index contributed by atoms with van der Waals surface area (Å²) in [6.07, 6.45) is 10.0. The van der Waals surface area contributed by atoms with E-state index in [-0.39, 0.29) is 6.09 Å². The van der Waals surface area contributed by atoms with E-state index in [1.807, 2.05) is 35.2 Å². The molecule has 6 nitrogen and oxygen atoms in total. The van der Waals surface area contributed by atoms with E-state index in [4.69, 9.17) is 4.74 Å². The molecule has 0 radical (unpaired) electrons. The average molecular weight is 473 g/mol. The molecule has 2 saturated heterocycles. The Bertz CT molecular complexity index is 658. The summed E-state index contributed by atoms with van der Waals surface area (Å²) in [4.78, 5) is 22.6. The molecular weight excluding hydrogens is 424 g/mol. The number of hydrogen-bond acceptors (Lipinski definition) is 5. The monoisotopic (exact) mass is 472 g/mol. The molecule has 2 aliphatic rings. The van der Waals surface area contributed by atoms with Crippen LogP contribution in [-0.4, -0.2) is 97.7 Å². The van der Waals surface area contributed by atoms with Crippen LogP contribution in [0.5, 0.6) is 0 Å². The second-order valence-corrected chi connectivity index (χ2v) is 10.0. The number of unbranched alkanes of at least 4 members (excludes halogenated alkanes) is 4. The standard InChI is InChI=1S/C28H48N4O2/c1-2-3-4-5-12-17-32(28(33)34-26-27-13-8-6-9-14-27)25-24-31-22-20-30(21-23-31)19-18-29-15-10-7-11-16-29/h6,8-9,13-14H,2-5,7,10-12,15-26H2,1H3. The number of piperazine rings is 1. The minimum Gasteiger partial charge on any atom is -0.445 e.